The lowest BCUT2D eigenvalue weighted by molar-refractivity contribution is -0.140. The highest BCUT2D eigenvalue weighted by Crippen LogP contribution is 2.28. The van der Waals surface area contributed by atoms with Crippen molar-refractivity contribution in [3.8, 4) is 0 Å². The molecule has 0 bridgehead atoms. The number of hydrogen-bond donors (Lipinski definition) is 1. The third kappa shape index (κ3) is 8.40. The summed E-state index contributed by atoms with van der Waals surface area (Å²) < 4.78 is 29.1. The summed E-state index contributed by atoms with van der Waals surface area (Å²) in [5.41, 5.74) is 2.74. The molecule has 0 saturated carbocycles. The van der Waals surface area contributed by atoms with Crippen LogP contribution < -0.4 is 9.62 Å². The molecule has 0 aliphatic rings. The fourth-order valence-corrected chi connectivity index (χ4v) is 6.40. The van der Waals surface area contributed by atoms with Crippen molar-refractivity contribution in [2.24, 2.45) is 0 Å². The molecule has 3 aromatic carbocycles. The van der Waals surface area contributed by atoms with Gasteiger partial charge in [0.1, 0.15) is 12.6 Å². The summed E-state index contributed by atoms with van der Waals surface area (Å²) in [6.07, 6.45) is 2.00. The number of anilines is 1. The highest BCUT2D eigenvalue weighted by molar-refractivity contribution is 7.92. The summed E-state index contributed by atoms with van der Waals surface area (Å²) in [4.78, 5) is 28.9. The van der Waals surface area contributed by atoms with Crippen LogP contribution in [-0.2, 0) is 26.2 Å². The minimum Gasteiger partial charge on any atom is -0.354 e. The van der Waals surface area contributed by atoms with Crippen LogP contribution in [0.4, 0.5) is 5.69 Å². The summed E-state index contributed by atoms with van der Waals surface area (Å²) in [6, 6.07) is 15.0. The Morgan fingerprint density at radius 3 is 2.14 bits per heavy atom. The Hall–Kier alpha value is -2.78. The van der Waals surface area contributed by atoms with E-state index in [4.69, 9.17) is 34.8 Å². The van der Waals surface area contributed by atoms with E-state index in [0.717, 1.165) is 28.3 Å². The van der Waals surface area contributed by atoms with E-state index in [2.05, 4.69) is 5.32 Å². The van der Waals surface area contributed by atoms with Gasteiger partial charge in [0.05, 0.1) is 10.6 Å². The number of hydrogen-bond acceptors (Lipinski definition) is 4. The van der Waals surface area contributed by atoms with Crippen LogP contribution in [0.25, 0.3) is 0 Å². The van der Waals surface area contributed by atoms with E-state index in [-0.39, 0.29) is 17.3 Å². The molecule has 0 aliphatic carbocycles. The number of amides is 2. The molecule has 1 N–H and O–H groups in total. The molecule has 3 aromatic rings. The van der Waals surface area contributed by atoms with Gasteiger partial charge >= 0.3 is 0 Å². The molecule has 7 nitrogen and oxygen atoms in total. The number of sulfonamides is 1. The van der Waals surface area contributed by atoms with E-state index in [9.17, 15) is 18.0 Å². The van der Waals surface area contributed by atoms with Gasteiger partial charge in [0.25, 0.3) is 10.0 Å². The van der Waals surface area contributed by atoms with Crippen molar-refractivity contribution in [2.75, 3.05) is 17.4 Å². The van der Waals surface area contributed by atoms with Crippen LogP contribution in [0.1, 0.15) is 49.8 Å². The minimum atomic E-state index is -4.20. The van der Waals surface area contributed by atoms with E-state index in [1.54, 1.807) is 43.3 Å². The molecule has 226 valence electrons. The predicted octanol–water partition coefficient (Wildman–Crippen LogP) is 7.18. The normalized spacial score (nSPS) is 12.1. The average molecular weight is 653 g/mol. The fraction of sp³-hybridized carbons (Fsp3) is 0.355. The third-order valence-corrected chi connectivity index (χ3v) is 9.66. The molecular weight excluding hydrogens is 617 g/mol. The summed E-state index contributed by atoms with van der Waals surface area (Å²) in [6.45, 7) is 7.52. The Balaban J connectivity index is 2.08. The highest BCUT2D eigenvalue weighted by atomic mass is 35.5. The molecular formula is C31H36Cl3N3O4S. The zero-order valence-corrected chi connectivity index (χ0v) is 27.2. The van der Waals surface area contributed by atoms with Gasteiger partial charge in [0, 0.05) is 28.2 Å². The molecule has 0 saturated heterocycles. The van der Waals surface area contributed by atoms with Gasteiger partial charge in [-0.25, -0.2) is 8.42 Å². The highest BCUT2D eigenvalue weighted by Gasteiger charge is 2.34. The van der Waals surface area contributed by atoms with E-state index in [0.29, 0.717) is 39.3 Å². The van der Waals surface area contributed by atoms with Gasteiger partial charge < -0.3 is 10.2 Å². The number of benzene rings is 3. The average Bonchev–Trinajstić information content (AvgIpc) is 2.94. The number of rotatable bonds is 13. The molecule has 3 rings (SSSR count). The number of halogens is 3. The molecule has 11 heteroatoms. The van der Waals surface area contributed by atoms with Gasteiger partial charge in [-0.2, -0.15) is 0 Å². The summed E-state index contributed by atoms with van der Waals surface area (Å²) in [5, 5.41) is 4.06. The van der Waals surface area contributed by atoms with Crippen molar-refractivity contribution < 1.29 is 18.0 Å². The molecule has 0 unspecified atom stereocenters. The van der Waals surface area contributed by atoms with Gasteiger partial charge in [-0.15, -0.1) is 0 Å². The van der Waals surface area contributed by atoms with Crippen molar-refractivity contribution in [1.82, 2.24) is 10.2 Å². The topological polar surface area (TPSA) is 86.8 Å². The lowest BCUT2D eigenvalue weighted by atomic mass is 10.1. The molecule has 0 radical (unpaired) electrons. The Morgan fingerprint density at radius 1 is 0.881 bits per heavy atom. The van der Waals surface area contributed by atoms with E-state index in [1.165, 1.54) is 29.2 Å². The number of aryl methyl sites for hydroxylation is 2. The second-order valence-corrected chi connectivity index (χ2v) is 13.2. The first-order chi connectivity index (χ1) is 19.9. The molecule has 0 spiro atoms. The SMILES string of the molecule is CCCCNC(=O)[C@H](CC)N(Cc1ccc(Cl)cc1Cl)C(=O)CN(c1ccc(C)c(C)c1)S(=O)(=O)c1ccc(Cl)cc1. The number of nitrogens with one attached hydrogen (secondary N) is 1. The van der Waals surface area contributed by atoms with Crippen LogP contribution in [0, 0.1) is 13.8 Å². The van der Waals surface area contributed by atoms with Crippen LogP contribution in [0.5, 0.6) is 0 Å². The van der Waals surface area contributed by atoms with Crippen molar-refractivity contribution in [3.63, 3.8) is 0 Å². The second-order valence-electron chi connectivity index (χ2n) is 10.1. The van der Waals surface area contributed by atoms with Gasteiger partial charge in [-0.1, -0.05) is 67.2 Å². The number of unbranched alkanes of at least 4 members (excludes halogenated alkanes) is 1. The zero-order chi connectivity index (χ0) is 31.0. The molecule has 0 fully saturated rings. The van der Waals surface area contributed by atoms with Crippen LogP contribution in [0.3, 0.4) is 0 Å². The summed E-state index contributed by atoms with van der Waals surface area (Å²) in [5.74, 6) is -0.878. The van der Waals surface area contributed by atoms with E-state index in [1.807, 2.05) is 20.8 Å². The number of nitrogens with zero attached hydrogens (tertiary/aromatic N) is 2. The quantitative estimate of drug-likeness (QED) is 0.198. The molecule has 0 heterocycles. The van der Waals surface area contributed by atoms with Crippen molar-refractivity contribution in [1.29, 1.82) is 0 Å². The van der Waals surface area contributed by atoms with Gasteiger partial charge in [-0.05, 0) is 91.9 Å². The van der Waals surface area contributed by atoms with Gasteiger partial charge in [0.2, 0.25) is 11.8 Å². The van der Waals surface area contributed by atoms with Crippen molar-refractivity contribution in [3.05, 3.63) is 92.4 Å². The lowest BCUT2D eigenvalue weighted by Crippen LogP contribution is -2.52. The Morgan fingerprint density at radius 2 is 1.55 bits per heavy atom. The zero-order valence-electron chi connectivity index (χ0n) is 24.2. The van der Waals surface area contributed by atoms with E-state index < -0.39 is 28.5 Å². The Labute approximate surface area is 263 Å². The van der Waals surface area contributed by atoms with Crippen LogP contribution in [0.15, 0.2) is 65.6 Å². The van der Waals surface area contributed by atoms with E-state index >= 15 is 0 Å². The Bertz CT molecular complexity index is 1510. The summed E-state index contributed by atoms with van der Waals surface area (Å²) in [7, 11) is -4.20. The molecule has 0 aromatic heterocycles. The maximum atomic E-state index is 14.2. The minimum absolute atomic E-state index is 0.0176. The van der Waals surface area contributed by atoms with Crippen molar-refractivity contribution >= 4 is 62.3 Å². The number of carbonyl (C=O) groups is 2. The molecule has 42 heavy (non-hydrogen) atoms. The van der Waals surface area contributed by atoms with Crippen LogP contribution >= 0.6 is 34.8 Å². The first-order valence-electron chi connectivity index (χ1n) is 13.8. The lowest BCUT2D eigenvalue weighted by Gasteiger charge is -2.33. The molecule has 0 aliphatic heterocycles. The van der Waals surface area contributed by atoms with Gasteiger partial charge in [-0.3, -0.25) is 13.9 Å². The standard InChI is InChI=1S/C31H36Cl3N3O4S/c1-5-7-16-35-31(39)29(6-2)36(19-23-9-10-25(33)18-28(23)34)30(38)20-37(26-13-8-21(3)22(4)17-26)42(40,41)27-14-11-24(32)12-15-27/h8-15,17-18,29H,5-7,16,19-20H2,1-4H3,(H,35,39)/t29-/m0/s1. The van der Waals surface area contributed by atoms with Crippen LogP contribution in [0.2, 0.25) is 15.1 Å². The second kappa shape index (κ2) is 15.1. The summed E-state index contributed by atoms with van der Waals surface area (Å²) >= 11 is 18.6. The first-order valence-corrected chi connectivity index (χ1v) is 16.3. The Kier molecular flexibility index (Phi) is 12.1. The predicted molar refractivity (Wildman–Crippen MR) is 171 cm³/mol. The molecule has 1 atom stereocenters. The maximum absolute atomic E-state index is 14.2. The monoisotopic (exact) mass is 651 g/mol. The number of carbonyl (C=O) groups excluding carboxylic acids is 2. The third-order valence-electron chi connectivity index (χ3n) is 7.03. The first kappa shape index (κ1) is 33.7. The van der Waals surface area contributed by atoms with Gasteiger partial charge in [0.15, 0.2) is 0 Å². The largest absolute Gasteiger partial charge is 0.354 e. The van der Waals surface area contributed by atoms with Crippen molar-refractivity contribution in [2.45, 2.75) is 64.4 Å². The smallest absolute Gasteiger partial charge is 0.264 e. The molecule has 2 amide bonds. The fourth-order valence-electron chi connectivity index (χ4n) is 4.40. The maximum Gasteiger partial charge on any atom is 0.264 e. The van der Waals surface area contributed by atoms with Crippen LogP contribution in [-0.4, -0.2) is 44.3 Å².